The topological polar surface area (TPSA) is 67.4 Å². The molecule has 0 amide bonds. The molecule has 0 saturated carbocycles. The molecule has 0 bridgehead atoms. The van der Waals surface area contributed by atoms with Crippen molar-refractivity contribution in [2.45, 2.75) is 13.0 Å². The minimum atomic E-state index is -0.774. The van der Waals surface area contributed by atoms with Gasteiger partial charge in [-0.05, 0) is 24.6 Å². The van der Waals surface area contributed by atoms with Crippen LogP contribution in [0.15, 0.2) is 60.3 Å². The van der Waals surface area contributed by atoms with Crippen molar-refractivity contribution in [3.63, 3.8) is 0 Å². The molecular formula is C19H17ClN2O3. The average molecular weight is 357 g/mol. The number of ether oxygens (including phenoxy) is 1. The smallest absolute Gasteiger partial charge is 0.329 e. The zero-order valence-electron chi connectivity index (χ0n) is 13.6. The van der Waals surface area contributed by atoms with E-state index in [-0.39, 0.29) is 12.4 Å². The molecule has 1 aliphatic rings. The first-order valence-corrected chi connectivity index (χ1v) is 8.27. The highest BCUT2D eigenvalue weighted by atomic mass is 35.5. The van der Waals surface area contributed by atoms with Gasteiger partial charge in [-0.25, -0.2) is 10.2 Å². The highest BCUT2D eigenvalue weighted by Gasteiger charge is 2.36. The lowest BCUT2D eigenvalue weighted by molar-refractivity contribution is -0.143. The van der Waals surface area contributed by atoms with Gasteiger partial charge < -0.3 is 10.2 Å². The minimum absolute atomic E-state index is 0.204. The maximum absolute atomic E-state index is 12.9. The van der Waals surface area contributed by atoms with E-state index in [9.17, 15) is 9.59 Å². The van der Waals surface area contributed by atoms with Crippen molar-refractivity contribution in [2.24, 2.45) is 0 Å². The molecule has 0 aliphatic carbocycles. The molecule has 1 aliphatic heterocycles. The van der Waals surface area contributed by atoms with Crippen LogP contribution in [-0.4, -0.2) is 24.4 Å². The van der Waals surface area contributed by atoms with Crippen molar-refractivity contribution in [1.82, 2.24) is 10.9 Å². The zero-order valence-corrected chi connectivity index (χ0v) is 14.3. The van der Waals surface area contributed by atoms with Crippen LogP contribution in [0.2, 0.25) is 5.02 Å². The lowest BCUT2D eigenvalue weighted by atomic mass is 9.95. The van der Waals surface area contributed by atoms with Gasteiger partial charge in [0.1, 0.15) is 5.70 Å². The molecule has 0 aromatic heterocycles. The van der Waals surface area contributed by atoms with Gasteiger partial charge in [0.05, 0.1) is 6.61 Å². The summed E-state index contributed by atoms with van der Waals surface area (Å²) in [6, 6.07) is 15.1. The van der Waals surface area contributed by atoms with E-state index in [0.29, 0.717) is 21.9 Å². The molecule has 0 spiro atoms. The second-order valence-electron chi connectivity index (χ2n) is 5.45. The number of rotatable bonds is 5. The van der Waals surface area contributed by atoms with Gasteiger partial charge in [-0.2, -0.15) is 0 Å². The van der Waals surface area contributed by atoms with E-state index in [1.165, 1.54) is 0 Å². The normalized spacial score (nSPS) is 16.5. The van der Waals surface area contributed by atoms with E-state index in [1.54, 1.807) is 55.5 Å². The molecule has 1 unspecified atom stereocenters. The maximum Gasteiger partial charge on any atom is 0.329 e. The Labute approximate surface area is 150 Å². The third-order valence-electron chi connectivity index (χ3n) is 3.84. The van der Waals surface area contributed by atoms with E-state index in [1.807, 2.05) is 6.07 Å². The number of carbonyl (C=O) groups is 2. The number of Topliss-reactive ketones (excluding diaryl/α,β-unsaturated/α-hetero) is 1. The number of carbonyl (C=O) groups excluding carboxylic acids is 2. The monoisotopic (exact) mass is 356 g/mol. The van der Waals surface area contributed by atoms with Crippen LogP contribution in [0, 0.1) is 0 Å². The van der Waals surface area contributed by atoms with Gasteiger partial charge in [-0.1, -0.05) is 54.1 Å². The average Bonchev–Trinajstić information content (AvgIpc) is 3.08. The third kappa shape index (κ3) is 3.57. The van der Waals surface area contributed by atoms with Gasteiger partial charge in [0, 0.05) is 16.2 Å². The van der Waals surface area contributed by atoms with Gasteiger partial charge >= 0.3 is 5.97 Å². The fourth-order valence-electron chi connectivity index (χ4n) is 2.68. The summed E-state index contributed by atoms with van der Waals surface area (Å²) in [5.74, 6) is -0.652. The maximum atomic E-state index is 12.9. The van der Waals surface area contributed by atoms with E-state index >= 15 is 0 Å². The summed E-state index contributed by atoms with van der Waals surface area (Å²) in [7, 11) is 0. The van der Waals surface area contributed by atoms with Gasteiger partial charge in [0.2, 0.25) is 5.78 Å². The highest BCUT2D eigenvalue weighted by Crippen LogP contribution is 2.28. The van der Waals surface area contributed by atoms with Gasteiger partial charge in [-0.15, -0.1) is 0 Å². The van der Waals surface area contributed by atoms with Gasteiger partial charge in [-0.3, -0.25) is 4.79 Å². The molecule has 0 radical (unpaired) electrons. The van der Waals surface area contributed by atoms with Crippen LogP contribution >= 0.6 is 11.6 Å². The van der Waals surface area contributed by atoms with Gasteiger partial charge in [0.25, 0.3) is 0 Å². The first-order valence-electron chi connectivity index (χ1n) is 7.90. The van der Waals surface area contributed by atoms with Crippen LogP contribution in [0.4, 0.5) is 0 Å². The van der Waals surface area contributed by atoms with E-state index in [0.717, 1.165) is 5.56 Å². The zero-order chi connectivity index (χ0) is 17.8. The lowest BCUT2D eigenvalue weighted by Gasteiger charge is -2.13. The molecule has 0 saturated heterocycles. The lowest BCUT2D eigenvalue weighted by Crippen LogP contribution is -2.40. The Balaban J connectivity index is 2.07. The Morgan fingerprint density at radius 3 is 2.40 bits per heavy atom. The Kier molecular flexibility index (Phi) is 5.16. The third-order valence-corrected chi connectivity index (χ3v) is 4.09. The molecule has 2 aromatic carbocycles. The van der Waals surface area contributed by atoms with Crippen LogP contribution < -0.4 is 10.9 Å². The first-order chi connectivity index (χ1) is 12.1. The molecule has 128 valence electrons. The van der Waals surface area contributed by atoms with Crippen molar-refractivity contribution in [2.75, 3.05) is 6.61 Å². The SMILES string of the molecule is CCOC(=O)C1NNC(C(=O)c2ccccc2)=C1c1ccc(Cl)cc1. The number of hydrogen-bond donors (Lipinski definition) is 2. The molecule has 2 N–H and O–H groups in total. The molecule has 1 heterocycles. The summed E-state index contributed by atoms with van der Waals surface area (Å²) in [5.41, 5.74) is 7.83. The summed E-state index contributed by atoms with van der Waals surface area (Å²) in [4.78, 5) is 25.2. The molecule has 6 heteroatoms. The van der Waals surface area contributed by atoms with Crippen LogP contribution in [0.3, 0.4) is 0 Å². The number of hydrazine groups is 1. The van der Waals surface area contributed by atoms with E-state index in [4.69, 9.17) is 16.3 Å². The van der Waals surface area contributed by atoms with Crippen LogP contribution in [0.25, 0.3) is 5.57 Å². The molecule has 1 atom stereocenters. The summed E-state index contributed by atoms with van der Waals surface area (Å²) >= 11 is 5.96. The standard InChI is InChI=1S/C19H17ClN2O3/c1-2-25-19(24)17-15(12-8-10-14(20)11-9-12)16(21-22-17)18(23)13-6-4-3-5-7-13/h3-11,17,21-22H,2H2,1H3. The second kappa shape index (κ2) is 7.51. The van der Waals surface area contributed by atoms with Crippen molar-refractivity contribution >= 4 is 28.9 Å². The Hall–Kier alpha value is -2.63. The van der Waals surface area contributed by atoms with Crippen molar-refractivity contribution in [3.05, 3.63) is 76.4 Å². The number of hydrogen-bond acceptors (Lipinski definition) is 5. The number of allylic oxidation sites excluding steroid dienone is 1. The molecule has 5 nitrogen and oxygen atoms in total. The fraction of sp³-hybridized carbons (Fsp3) is 0.158. The summed E-state index contributed by atoms with van der Waals surface area (Å²) < 4.78 is 5.12. The number of esters is 1. The summed E-state index contributed by atoms with van der Waals surface area (Å²) in [6.45, 7) is 1.99. The van der Waals surface area contributed by atoms with Crippen LogP contribution in [-0.2, 0) is 9.53 Å². The first kappa shape index (κ1) is 17.2. The predicted octanol–water partition coefficient (Wildman–Crippen LogP) is 2.97. The Morgan fingerprint density at radius 2 is 1.76 bits per heavy atom. The van der Waals surface area contributed by atoms with Gasteiger partial charge in [0.15, 0.2) is 6.04 Å². The van der Waals surface area contributed by atoms with Crippen molar-refractivity contribution in [3.8, 4) is 0 Å². The number of nitrogens with one attached hydrogen (secondary N) is 2. The predicted molar refractivity (Wildman–Crippen MR) is 95.8 cm³/mol. The molecule has 0 fully saturated rings. The fourth-order valence-corrected chi connectivity index (χ4v) is 2.81. The Morgan fingerprint density at radius 1 is 1.08 bits per heavy atom. The number of halogens is 1. The second-order valence-corrected chi connectivity index (χ2v) is 5.88. The number of benzene rings is 2. The van der Waals surface area contributed by atoms with E-state index in [2.05, 4.69) is 10.9 Å². The van der Waals surface area contributed by atoms with Crippen molar-refractivity contribution in [1.29, 1.82) is 0 Å². The van der Waals surface area contributed by atoms with Crippen molar-refractivity contribution < 1.29 is 14.3 Å². The summed E-state index contributed by atoms with van der Waals surface area (Å²) in [5, 5.41) is 0.576. The quantitative estimate of drug-likeness (QED) is 0.637. The molecule has 3 rings (SSSR count). The largest absolute Gasteiger partial charge is 0.465 e. The molecule has 25 heavy (non-hydrogen) atoms. The molecular weight excluding hydrogens is 340 g/mol. The van der Waals surface area contributed by atoms with E-state index < -0.39 is 12.0 Å². The Bertz CT molecular complexity index is 816. The summed E-state index contributed by atoms with van der Waals surface area (Å²) in [6.07, 6.45) is 0. The highest BCUT2D eigenvalue weighted by molar-refractivity contribution is 6.30. The van der Waals surface area contributed by atoms with Crippen LogP contribution in [0.1, 0.15) is 22.8 Å². The minimum Gasteiger partial charge on any atom is -0.465 e. The molecule has 2 aromatic rings. The van der Waals surface area contributed by atoms with Crippen LogP contribution in [0.5, 0.6) is 0 Å². The number of ketones is 1.